The third kappa shape index (κ3) is 4.96. The number of aromatic nitrogens is 1. The van der Waals surface area contributed by atoms with Gasteiger partial charge in [0.2, 0.25) is 0 Å². The van der Waals surface area contributed by atoms with Crippen LogP contribution in [0.3, 0.4) is 0 Å². The van der Waals surface area contributed by atoms with Gasteiger partial charge in [-0.2, -0.15) is 0 Å². The van der Waals surface area contributed by atoms with E-state index in [0.29, 0.717) is 0 Å². The highest BCUT2D eigenvalue weighted by Crippen LogP contribution is 2.58. The zero-order valence-electron chi connectivity index (χ0n) is 28.7. The first-order valence-corrected chi connectivity index (χ1v) is 17.9. The highest BCUT2D eigenvalue weighted by atomic mass is 15.1. The number of hydrogen-bond donors (Lipinski definition) is 1. The normalized spacial score (nSPS) is 16.6. The van der Waals surface area contributed by atoms with Gasteiger partial charge in [0.25, 0.3) is 0 Å². The third-order valence-corrected chi connectivity index (χ3v) is 10.8. The molecular formula is C48H39N3. The summed E-state index contributed by atoms with van der Waals surface area (Å²) in [5.41, 5.74) is 19.9. The van der Waals surface area contributed by atoms with Gasteiger partial charge in [-0.1, -0.05) is 171 Å². The van der Waals surface area contributed by atoms with E-state index in [0.717, 1.165) is 28.9 Å². The van der Waals surface area contributed by atoms with Gasteiger partial charge in [0.05, 0.1) is 17.0 Å². The summed E-state index contributed by atoms with van der Waals surface area (Å²) in [5, 5.41) is 1.25. The molecule has 6 aromatic carbocycles. The standard InChI is InChI=1S/C48H39N3/c1-33-17-15-26-39-46-42(48(36-22-9-4-10-23-36)40-27-13-11-24-37(40)38-25-12-14-28-41(38)48)29-16-30-44(46)51(47(33)39)45(50-32-34-18-5-2-6-19-34)31-43(49)35-20-7-3-8-21-35/h2-16,18-33,43H,17,49H2,1H3/b45-31+,50-32?. The predicted molar refractivity (Wildman–Crippen MR) is 213 cm³/mol. The van der Waals surface area contributed by atoms with Crippen LogP contribution >= 0.6 is 0 Å². The van der Waals surface area contributed by atoms with Crippen LogP contribution in [0.25, 0.3) is 33.9 Å². The van der Waals surface area contributed by atoms with Crippen LogP contribution in [0.5, 0.6) is 0 Å². The number of hydrogen-bond acceptors (Lipinski definition) is 2. The molecule has 2 atom stereocenters. The summed E-state index contributed by atoms with van der Waals surface area (Å²) in [6.07, 6.45) is 9.72. The van der Waals surface area contributed by atoms with Crippen molar-refractivity contribution in [3.63, 3.8) is 0 Å². The Morgan fingerprint density at radius 1 is 0.706 bits per heavy atom. The van der Waals surface area contributed by atoms with Crippen LogP contribution in [-0.2, 0) is 5.41 Å². The van der Waals surface area contributed by atoms with Crippen molar-refractivity contribution in [2.75, 3.05) is 0 Å². The van der Waals surface area contributed by atoms with Crippen molar-refractivity contribution < 1.29 is 0 Å². The molecule has 2 aliphatic rings. The number of nitrogens with zero attached hydrogens (tertiary/aromatic N) is 2. The van der Waals surface area contributed by atoms with E-state index in [4.69, 9.17) is 10.7 Å². The van der Waals surface area contributed by atoms with E-state index in [9.17, 15) is 0 Å². The van der Waals surface area contributed by atoms with Crippen LogP contribution < -0.4 is 5.73 Å². The predicted octanol–water partition coefficient (Wildman–Crippen LogP) is 11.1. The number of allylic oxidation sites excluding steroid dienone is 1. The summed E-state index contributed by atoms with van der Waals surface area (Å²) in [5.74, 6) is 1.09. The fourth-order valence-corrected chi connectivity index (χ4v) is 8.57. The van der Waals surface area contributed by atoms with Gasteiger partial charge in [0, 0.05) is 28.8 Å². The van der Waals surface area contributed by atoms with Crippen molar-refractivity contribution in [2.24, 2.45) is 10.7 Å². The lowest BCUT2D eigenvalue weighted by Crippen LogP contribution is -2.29. The zero-order chi connectivity index (χ0) is 34.4. The van der Waals surface area contributed by atoms with Gasteiger partial charge in [-0.05, 0) is 63.1 Å². The minimum Gasteiger partial charge on any atom is -0.321 e. The molecule has 0 aliphatic heterocycles. The fraction of sp³-hybridized carbons (Fsp3) is 0.104. The number of fused-ring (bicyclic) bond motifs is 6. The third-order valence-electron chi connectivity index (χ3n) is 10.8. The van der Waals surface area contributed by atoms with Crippen molar-refractivity contribution in [1.82, 2.24) is 4.57 Å². The second-order valence-corrected chi connectivity index (χ2v) is 13.7. The van der Waals surface area contributed by atoms with E-state index < -0.39 is 5.41 Å². The molecule has 1 heterocycles. The SMILES string of the molecule is CC1CC=Cc2c1n(/C(=C/C(N)c1ccccc1)N=Cc1ccccc1)c1cccc(C3(c4ccccc4)c4ccccc4-c4ccccc43)c21. The average Bonchev–Trinajstić information content (AvgIpc) is 3.70. The summed E-state index contributed by atoms with van der Waals surface area (Å²) in [6.45, 7) is 2.33. The molecule has 0 bridgehead atoms. The highest BCUT2D eigenvalue weighted by Gasteiger charge is 2.47. The van der Waals surface area contributed by atoms with Crippen LogP contribution in [0.4, 0.5) is 0 Å². The molecule has 1 aromatic heterocycles. The Hall–Kier alpha value is -6.03. The Kier molecular flexibility index (Phi) is 7.71. The molecular weight excluding hydrogens is 619 g/mol. The molecule has 0 radical (unpaired) electrons. The van der Waals surface area contributed by atoms with Crippen molar-refractivity contribution in [2.45, 2.75) is 30.7 Å². The van der Waals surface area contributed by atoms with Gasteiger partial charge in [-0.3, -0.25) is 4.57 Å². The van der Waals surface area contributed by atoms with Gasteiger partial charge >= 0.3 is 0 Å². The zero-order valence-corrected chi connectivity index (χ0v) is 28.7. The molecule has 2 aliphatic carbocycles. The van der Waals surface area contributed by atoms with Gasteiger partial charge in [0.1, 0.15) is 5.82 Å². The van der Waals surface area contributed by atoms with E-state index in [-0.39, 0.29) is 12.0 Å². The van der Waals surface area contributed by atoms with Crippen LogP contribution in [0, 0.1) is 0 Å². The molecule has 0 saturated heterocycles. The topological polar surface area (TPSA) is 43.3 Å². The molecule has 2 N–H and O–H groups in total. The van der Waals surface area contributed by atoms with Gasteiger partial charge < -0.3 is 5.73 Å². The van der Waals surface area contributed by atoms with E-state index in [1.807, 2.05) is 42.6 Å². The lowest BCUT2D eigenvalue weighted by atomic mass is 9.66. The van der Waals surface area contributed by atoms with Crippen LogP contribution in [0.15, 0.2) is 175 Å². The minimum absolute atomic E-state index is 0.268. The lowest BCUT2D eigenvalue weighted by molar-refractivity contribution is 0.723. The smallest absolute Gasteiger partial charge is 0.135 e. The van der Waals surface area contributed by atoms with Crippen molar-refractivity contribution >= 4 is 29.0 Å². The average molecular weight is 658 g/mol. The summed E-state index contributed by atoms with van der Waals surface area (Å²) in [7, 11) is 0. The molecule has 0 fully saturated rings. The molecule has 0 amide bonds. The van der Waals surface area contributed by atoms with Crippen molar-refractivity contribution in [1.29, 1.82) is 0 Å². The Morgan fingerprint density at radius 3 is 1.98 bits per heavy atom. The maximum atomic E-state index is 6.98. The molecule has 3 heteroatoms. The maximum absolute atomic E-state index is 6.98. The number of nitrogens with two attached hydrogens (primary N) is 1. The van der Waals surface area contributed by atoms with E-state index >= 15 is 0 Å². The van der Waals surface area contributed by atoms with Gasteiger partial charge in [0.15, 0.2) is 0 Å². The largest absolute Gasteiger partial charge is 0.321 e. The Balaban J connectivity index is 1.39. The fourth-order valence-electron chi connectivity index (χ4n) is 8.57. The Labute approximate surface area is 299 Å². The first kappa shape index (κ1) is 31.0. The number of aliphatic imine (C=N–C) groups is 1. The van der Waals surface area contributed by atoms with Crippen LogP contribution in [0.2, 0.25) is 0 Å². The van der Waals surface area contributed by atoms with Crippen LogP contribution in [0.1, 0.15) is 69.9 Å². The molecule has 7 aromatic rings. The van der Waals surface area contributed by atoms with Gasteiger partial charge in [-0.15, -0.1) is 0 Å². The van der Waals surface area contributed by atoms with Gasteiger partial charge in [-0.25, -0.2) is 4.99 Å². The molecule has 3 nitrogen and oxygen atoms in total. The second-order valence-electron chi connectivity index (χ2n) is 13.7. The summed E-state index contributed by atoms with van der Waals surface area (Å²) in [4.78, 5) is 5.26. The minimum atomic E-state index is -0.528. The molecule has 246 valence electrons. The summed E-state index contributed by atoms with van der Waals surface area (Å²) >= 11 is 0. The Morgan fingerprint density at radius 2 is 1.29 bits per heavy atom. The molecule has 9 rings (SSSR count). The second kappa shape index (κ2) is 12.7. The first-order valence-electron chi connectivity index (χ1n) is 17.9. The van der Waals surface area contributed by atoms with Crippen molar-refractivity contribution in [3.8, 4) is 11.1 Å². The summed E-state index contributed by atoms with van der Waals surface area (Å²) < 4.78 is 2.40. The van der Waals surface area contributed by atoms with E-state index in [1.165, 1.54) is 50.0 Å². The maximum Gasteiger partial charge on any atom is 0.135 e. The first-order chi connectivity index (χ1) is 25.2. The Bertz CT molecular complexity index is 2420. The molecule has 51 heavy (non-hydrogen) atoms. The summed E-state index contributed by atoms with van der Waals surface area (Å²) in [6, 6.07) is 56.1. The monoisotopic (exact) mass is 657 g/mol. The lowest BCUT2D eigenvalue weighted by Gasteiger charge is -2.34. The molecule has 0 saturated carbocycles. The van der Waals surface area contributed by atoms with Crippen LogP contribution in [-0.4, -0.2) is 10.8 Å². The van der Waals surface area contributed by atoms with Crippen molar-refractivity contribution in [3.05, 3.63) is 215 Å². The van der Waals surface area contributed by atoms with E-state index in [1.54, 1.807) is 0 Å². The number of benzene rings is 6. The van der Waals surface area contributed by atoms with E-state index in [2.05, 4.69) is 151 Å². The quantitative estimate of drug-likeness (QED) is 0.170. The molecule has 2 unspecified atom stereocenters. The number of rotatable bonds is 7. The molecule has 0 spiro atoms. The highest BCUT2D eigenvalue weighted by molar-refractivity contribution is 6.01.